The molecule has 1 fully saturated rings. The van der Waals surface area contributed by atoms with Crippen molar-refractivity contribution >= 4 is 15.9 Å². The molecule has 0 unspecified atom stereocenters. The number of para-hydroxylation sites is 1. The molecule has 35 heavy (non-hydrogen) atoms. The lowest BCUT2D eigenvalue weighted by Crippen LogP contribution is -2.45. The summed E-state index contributed by atoms with van der Waals surface area (Å²) in [4.78, 5) is 15.3. The van der Waals surface area contributed by atoms with Gasteiger partial charge in [0.2, 0.25) is 15.9 Å². The summed E-state index contributed by atoms with van der Waals surface area (Å²) in [5.41, 5.74) is 3.84. The van der Waals surface area contributed by atoms with Gasteiger partial charge in [-0.3, -0.25) is 4.79 Å². The number of hydrogen-bond acceptors (Lipinski definition) is 5. The zero-order valence-electron chi connectivity index (χ0n) is 20.6. The smallest absolute Gasteiger partial charge is 0.243 e. The van der Waals surface area contributed by atoms with Crippen molar-refractivity contribution in [2.75, 3.05) is 27.2 Å². The standard InChI is InChI=1S/C26H32N4O4S/c1-19-25(20(2)30(27-19)22-10-6-5-7-11-22)18-28(3)26(31)21-9-8-16-29(17-21)35(32,33)24-14-12-23(34-4)13-15-24/h5-7,10-15,21H,8-9,16-18H2,1-4H3/t21-/m0/s1. The van der Waals surface area contributed by atoms with E-state index in [0.29, 0.717) is 31.7 Å². The first-order chi connectivity index (χ1) is 16.7. The third-order valence-electron chi connectivity index (χ3n) is 6.64. The summed E-state index contributed by atoms with van der Waals surface area (Å²) in [6.07, 6.45) is 1.31. The second-order valence-electron chi connectivity index (χ2n) is 8.97. The topological polar surface area (TPSA) is 84.7 Å². The van der Waals surface area contributed by atoms with E-state index in [0.717, 1.165) is 22.6 Å². The minimum absolute atomic E-state index is 0.0501. The summed E-state index contributed by atoms with van der Waals surface area (Å²) in [5, 5.41) is 4.68. The fourth-order valence-electron chi connectivity index (χ4n) is 4.61. The van der Waals surface area contributed by atoms with Gasteiger partial charge < -0.3 is 9.64 Å². The zero-order valence-corrected chi connectivity index (χ0v) is 21.5. The van der Waals surface area contributed by atoms with Crippen molar-refractivity contribution in [1.82, 2.24) is 19.0 Å². The number of amides is 1. The summed E-state index contributed by atoms with van der Waals surface area (Å²) in [6, 6.07) is 16.2. The molecule has 1 saturated heterocycles. The summed E-state index contributed by atoms with van der Waals surface area (Å²) in [5.74, 6) is 0.163. The van der Waals surface area contributed by atoms with Crippen LogP contribution in [0.4, 0.5) is 0 Å². The van der Waals surface area contributed by atoms with E-state index in [1.165, 1.54) is 11.4 Å². The third kappa shape index (κ3) is 5.11. The van der Waals surface area contributed by atoms with Crippen LogP contribution < -0.4 is 4.74 Å². The fourth-order valence-corrected chi connectivity index (χ4v) is 6.13. The van der Waals surface area contributed by atoms with Gasteiger partial charge in [0, 0.05) is 37.9 Å². The van der Waals surface area contributed by atoms with Gasteiger partial charge in [-0.05, 0) is 63.1 Å². The highest BCUT2D eigenvalue weighted by molar-refractivity contribution is 7.89. The Morgan fingerprint density at radius 3 is 2.46 bits per heavy atom. The lowest BCUT2D eigenvalue weighted by molar-refractivity contribution is -0.135. The van der Waals surface area contributed by atoms with Crippen LogP contribution in [0.5, 0.6) is 5.75 Å². The van der Waals surface area contributed by atoms with Crippen molar-refractivity contribution in [1.29, 1.82) is 0 Å². The lowest BCUT2D eigenvalue weighted by Gasteiger charge is -2.33. The summed E-state index contributed by atoms with van der Waals surface area (Å²) in [6.45, 7) is 4.96. The summed E-state index contributed by atoms with van der Waals surface area (Å²) in [7, 11) is -0.371. The summed E-state index contributed by atoms with van der Waals surface area (Å²) < 4.78 is 34.8. The molecule has 2 aromatic carbocycles. The molecule has 0 spiro atoms. The SMILES string of the molecule is COc1ccc(S(=O)(=O)N2CCC[C@H](C(=O)N(C)Cc3c(C)nn(-c4ccccc4)c3C)C2)cc1. The second kappa shape index (κ2) is 10.2. The van der Waals surface area contributed by atoms with E-state index in [4.69, 9.17) is 4.74 Å². The van der Waals surface area contributed by atoms with Gasteiger partial charge >= 0.3 is 0 Å². The monoisotopic (exact) mass is 496 g/mol. The number of carbonyl (C=O) groups is 1. The van der Waals surface area contributed by atoms with Crippen LogP contribution in [0.2, 0.25) is 0 Å². The third-order valence-corrected chi connectivity index (χ3v) is 8.52. The van der Waals surface area contributed by atoms with E-state index in [1.807, 2.05) is 48.9 Å². The number of benzene rings is 2. The number of methoxy groups -OCH3 is 1. The maximum atomic E-state index is 13.4. The Bertz CT molecular complexity index is 1290. The molecule has 186 valence electrons. The number of piperidine rings is 1. The molecular formula is C26H32N4O4S. The molecule has 0 bridgehead atoms. The normalized spacial score (nSPS) is 16.7. The van der Waals surface area contributed by atoms with Crippen LogP contribution in [-0.2, 0) is 21.4 Å². The molecule has 0 aliphatic carbocycles. The van der Waals surface area contributed by atoms with E-state index < -0.39 is 10.0 Å². The Kier molecular flexibility index (Phi) is 7.28. The van der Waals surface area contributed by atoms with E-state index in [9.17, 15) is 13.2 Å². The highest BCUT2D eigenvalue weighted by Crippen LogP contribution is 2.27. The molecule has 3 aromatic rings. The van der Waals surface area contributed by atoms with Gasteiger partial charge in [-0.1, -0.05) is 18.2 Å². The molecule has 1 amide bonds. The highest BCUT2D eigenvalue weighted by atomic mass is 32.2. The van der Waals surface area contributed by atoms with E-state index in [-0.39, 0.29) is 23.3 Å². The van der Waals surface area contributed by atoms with Crippen LogP contribution in [0.1, 0.15) is 29.8 Å². The zero-order chi connectivity index (χ0) is 25.2. The molecule has 1 aliphatic heterocycles. The number of carbonyl (C=O) groups excluding carboxylic acids is 1. The first-order valence-corrected chi connectivity index (χ1v) is 13.2. The first-order valence-electron chi connectivity index (χ1n) is 11.7. The van der Waals surface area contributed by atoms with Crippen molar-refractivity contribution in [3.8, 4) is 11.4 Å². The minimum atomic E-state index is -3.69. The predicted octanol–water partition coefficient (Wildman–Crippen LogP) is 3.56. The van der Waals surface area contributed by atoms with Gasteiger partial charge in [0.05, 0.1) is 29.3 Å². The van der Waals surface area contributed by atoms with Gasteiger partial charge in [-0.25, -0.2) is 13.1 Å². The Labute approximate surface area is 207 Å². The Morgan fingerprint density at radius 1 is 1.11 bits per heavy atom. The number of sulfonamides is 1. The minimum Gasteiger partial charge on any atom is -0.497 e. The maximum absolute atomic E-state index is 13.4. The maximum Gasteiger partial charge on any atom is 0.243 e. The van der Waals surface area contributed by atoms with Crippen LogP contribution in [0.25, 0.3) is 5.69 Å². The molecule has 8 nitrogen and oxygen atoms in total. The average molecular weight is 497 g/mol. The highest BCUT2D eigenvalue weighted by Gasteiger charge is 2.34. The molecule has 1 aliphatic rings. The van der Waals surface area contributed by atoms with Crippen LogP contribution in [0, 0.1) is 19.8 Å². The molecule has 9 heteroatoms. The van der Waals surface area contributed by atoms with Crippen LogP contribution in [-0.4, -0.2) is 60.6 Å². The van der Waals surface area contributed by atoms with Crippen LogP contribution in [0.3, 0.4) is 0 Å². The number of aromatic nitrogens is 2. The number of rotatable bonds is 7. The largest absolute Gasteiger partial charge is 0.497 e. The molecule has 0 N–H and O–H groups in total. The molecule has 0 saturated carbocycles. The van der Waals surface area contributed by atoms with E-state index >= 15 is 0 Å². The molecule has 2 heterocycles. The molecule has 1 atom stereocenters. The van der Waals surface area contributed by atoms with Crippen LogP contribution in [0.15, 0.2) is 59.5 Å². The number of aryl methyl sites for hydroxylation is 1. The second-order valence-corrected chi connectivity index (χ2v) is 10.9. The van der Waals surface area contributed by atoms with Crippen LogP contribution >= 0.6 is 0 Å². The van der Waals surface area contributed by atoms with Crippen molar-refractivity contribution in [2.24, 2.45) is 5.92 Å². The Balaban J connectivity index is 1.47. The fraction of sp³-hybridized carbons (Fsp3) is 0.385. The van der Waals surface area contributed by atoms with Gasteiger partial charge in [0.1, 0.15) is 5.75 Å². The van der Waals surface area contributed by atoms with E-state index in [2.05, 4.69) is 5.10 Å². The predicted molar refractivity (Wildman–Crippen MR) is 134 cm³/mol. The van der Waals surface area contributed by atoms with E-state index in [1.54, 1.807) is 36.2 Å². The molecule has 4 rings (SSSR count). The van der Waals surface area contributed by atoms with Gasteiger partial charge in [0.15, 0.2) is 0 Å². The quantitative estimate of drug-likeness (QED) is 0.499. The lowest BCUT2D eigenvalue weighted by atomic mass is 9.98. The molecular weight excluding hydrogens is 464 g/mol. The molecule has 1 aromatic heterocycles. The Hall–Kier alpha value is -3.17. The number of hydrogen-bond donors (Lipinski definition) is 0. The molecule has 0 radical (unpaired) electrons. The van der Waals surface area contributed by atoms with Crippen molar-refractivity contribution < 1.29 is 17.9 Å². The number of nitrogens with zero attached hydrogens (tertiary/aromatic N) is 4. The van der Waals surface area contributed by atoms with Crippen molar-refractivity contribution in [2.45, 2.75) is 38.1 Å². The summed E-state index contributed by atoms with van der Waals surface area (Å²) >= 11 is 0. The van der Waals surface area contributed by atoms with Crippen molar-refractivity contribution in [3.63, 3.8) is 0 Å². The average Bonchev–Trinajstić information content (AvgIpc) is 3.17. The Morgan fingerprint density at radius 2 is 1.80 bits per heavy atom. The van der Waals surface area contributed by atoms with Crippen molar-refractivity contribution in [3.05, 3.63) is 71.5 Å². The van der Waals surface area contributed by atoms with Gasteiger partial charge in [-0.2, -0.15) is 9.40 Å². The first kappa shape index (κ1) is 24.9. The number of ether oxygens (including phenoxy) is 1. The van der Waals surface area contributed by atoms with Gasteiger partial charge in [-0.15, -0.1) is 0 Å². The van der Waals surface area contributed by atoms with Gasteiger partial charge in [0.25, 0.3) is 0 Å².